The minimum atomic E-state index is -4.25. The van der Waals surface area contributed by atoms with E-state index in [4.69, 9.17) is 14.4 Å². The van der Waals surface area contributed by atoms with E-state index in [9.17, 15) is 17.4 Å². The molecule has 0 aromatic heterocycles. The molecule has 0 aliphatic rings. The van der Waals surface area contributed by atoms with Crippen LogP contribution >= 0.6 is 0 Å². The third kappa shape index (κ3) is 12.9. The Bertz CT molecular complexity index is 420. The summed E-state index contributed by atoms with van der Waals surface area (Å²) in [5.74, 6) is -1.37. The van der Waals surface area contributed by atoms with Gasteiger partial charge in [-0.05, 0) is 12.8 Å². The standard InChI is InChI=1S/C11H22O8S2/c12-11(19-13)8-6-4-2-1-3-5-7-10(20(14)15)9-21(16,17)18/h10,13H,1-9H2,(H,14,15)(H,16,17,18). The molecule has 0 heterocycles. The second-order valence-corrected chi connectivity index (χ2v) is 7.49. The Morgan fingerprint density at radius 1 is 1.10 bits per heavy atom. The summed E-state index contributed by atoms with van der Waals surface area (Å²) in [6.45, 7) is 0. The minimum Gasteiger partial charge on any atom is -0.306 e. The summed E-state index contributed by atoms with van der Waals surface area (Å²) >= 11 is -2.28. The molecule has 3 N–H and O–H groups in total. The zero-order valence-corrected chi connectivity index (χ0v) is 13.3. The van der Waals surface area contributed by atoms with Gasteiger partial charge in [-0.15, -0.1) is 0 Å². The summed E-state index contributed by atoms with van der Waals surface area (Å²) in [4.78, 5) is 14.1. The van der Waals surface area contributed by atoms with Crippen LogP contribution in [-0.2, 0) is 30.9 Å². The number of hydrogen-bond acceptors (Lipinski definition) is 6. The molecule has 21 heavy (non-hydrogen) atoms. The SMILES string of the molecule is O=C(CCCCCCCCC(CS(=O)(=O)O)S(=O)O)OO. The van der Waals surface area contributed by atoms with E-state index < -0.39 is 38.2 Å². The first-order valence-electron chi connectivity index (χ1n) is 6.65. The highest BCUT2D eigenvalue weighted by molar-refractivity contribution is 7.87. The lowest BCUT2D eigenvalue weighted by Crippen LogP contribution is -2.25. The van der Waals surface area contributed by atoms with E-state index in [0.717, 1.165) is 25.7 Å². The van der Waals surface area contributed by atoms with Gasteiger partial charge < -0.3 is 9.44 Å². The van der Waals surface area contributed by atoms with E-state index in [1.165, 1.54) is 0 Å². The van der Waals surface area contributed by atoms with Crippen LogP contribution in [0.2, 0.25) is 0 Å². The van der Waals surface area contributed by atoms with Gasteiger partial charge in [0.2, 0.25) is 0 Å². The van der Waals surface area contributed by atoms with Crippen molar-refractivity contribution in [3.8, 4) is 0 Å². The van der Waals surface area contributed by atoms with Gasteiger partial charge in [-0.3, -0.25) is 4.55 Å². The van der Waals surface area contributed by atoms with Crippen molar-refractivity contribution >= 4 is 27.2 Å². The third-order valence-electron chi connectivity index (χ3n) is 2.94. The smallest absolute Gasteiger partial charge is 0.306 e. The minimum absolute atomic E-state index is 0.163. The molecular formula is C11H22O8S2. The topological polar surface area (TPSA) is 138 Å². The molecule has 10 heteroatoms. The van der Waals surface area contributed by atoms with Crippen LogP contribution in [0.5, 0.6) is 0 Å². The average molecular weight is 346 g/mol. The summed E-state index contributed by atoms with van der Waals surface area (Å²) in [6, 6.07) is 0. The third-order valence-corrected chi connectivity index (χ3v) is 4.95. The largest absolute Gasteiger partial charge is 0.342 e. The van der Waals surface area contributed by atoms with Crippen LogP contribution in [0.25, 0.3) is 0 Å². The van der Waals surface area contributed by atoms with E-state index >= 15 is 0 Å². The van der Waals surface area contributed by atoms with Gasteiger partial charge in [0.25, 0.3) is 10.1 Å². The Kier molecular flexibility index (Phi) is 10.8. The van der Waals surface area contributed by atoms with Crippen LogP contribution in [0, 0.1) is 0 Å². The Morgan fingerprint density at radius 2 is 1.62 bits per heavy atom. The van der Waals surface area contributed by atoms with Gasteiger partial charge in [-0.1, -0.05) is 32.1 Å². The van der Waals surface area contributed by atoms with E-state index in [1.54, 1.807) is 0 Å². The van der Waals surface area contributed by atoms with Crippen molar-refractivity contribution < 1.29 is 36.7 Å². The first-order chi connectivity index (χ1) is 9.76. The van der Waals surface area contributed by atoms with Crippen LogP contribution in [0.4, 0.5) is 0 Å². The summed E-state index contributed by atoms with van der Waals surface area (Å²) in [7, 11) is -4.25. The molecule has 2 atom stereocenters. The molecule has 0 aliphatic heterocycles. The zero-order valence-electron chi connectivity index (χ0n) is 11.6. The van der Waals surface area contributed by atoms with E-state index in [1.807, 2.05) is 0 Å². The van der Waals surface area contributed by atoms with Gasteiger partial charge in [0.05, 0.1) is 11.0 Å². The van der Waals surface area contributed by atoms with E-state index in [0.29, 0.717) is 12.8 Å². The highest BCUT2D eigenvalue weighted by atomic mass is 32.2. The highest BCUT2D eigenvalue weighted by Gasteiger charge is 2.21. The van der Waals surface area contributed by atoms with Crippen molar-refractivity contribution in [2.75, 3.05) is 5.75 Å². The zero-order chi connectivity index (χ0) is 16.3. The van der Waals surface area contributed by atoms with Crippen LogP contribution < -0.4 is 0 Å². The molecule has 0 aliphatic carbocycles. The van der Waals surface area contributed by atoms with Crippen molar-refractivity contribution in [3.05, 3.63) is 0 Å². The summed E-state index contributed by atoms with van der Waals surface area (Å²) in [5.41, 5.74) is 0. The molecular weight excluding hydrogens is 324 g/mol. The second kappa shape index (κ2) is 11.1. The van der Waals surface area contributed by atoms with Crippen LogP contribution in [0.3, 0.4) is 0 Å². The fraction of sp³-hybridized carbons (Fsp3) is 0.909. The molecule has 0 amide bonds. The normalized spacial score (nSPS) is 14.6. The maximum atomic E-state index is 10.9. The van der Waals surface area contributed by atoms with Crippen LogP contribution in [-0.4, -0.2) is 44.0 Å². The van der Waals surface area contributed by atoms with E-state index in [2.05, 4.69) is 4.89 Å². The molecule has 0 rings (SSSR count). The van der Waals surface area contributed by atoms with Gasteiger partial charge in [-0.2, -0.15) is 13.7 Å². The van der Waals surface area contributed by atoms with Crippen molar-refractivity contribution in [1.29, 1.82) is 0 Å². The lowest BCUT2D eigenvalue weighted by molar-refractivity contribution is -0.234. The number of carbonyl (C=O) groups excluding carboxylic acids is 1. The molecule has 0 bridgehead atoms. The Labute approximate surface area is 126 Å². The Hall–Kier alpha value is -0.550. The molecule has 0 saturated carbocycles. The van der Waals surface area contributed by atoms with Gasteiger partial charge in [-0.25, -0.2) is 9.00 Å². The lowest BCUT2D eigenvalue weighted by atomic mass is 10.1. The predicted octanol–water partition coefficient (Wildman–Crippen LogP) is 1.60. The molecule has 0 spiro atoms. The first-order valence-corrected chi connectivity index (χ1v) is 9.43. The van der Waals surface area contributed by atoms with Gasteiger partial charge in [0.15, 0.2) is 11.1 Å². The summed E-state index contributed by atoms with van der Waals surface area (Å²) in [5, 5.41) is 7.06. The molecule has 0 fully saturated rings. The molecule has 0 aromatic rings. The lowest BCUT2D eigenvalue weighted by Gasteiger charge is -2.10. The predicted molar refractivity (Wildman–Crippen MR) is 76.6 cm³/mol. The molecule has 0 aromatic carbocycles. The van der Waals surface area contributed by atoms with Crippen molar-refractivity contribution in [2.45, 2.75) is 56.6 Å². The monoisotopic (exact) mass is 346 g/mol. The molecule has 2 unspecified atom stereocenters. The fourth-order valence-corrected chi connectivity index (χ4v) is 3.86. The van der Waals surface area contributed by atoms with Crippen molar-refractivity contribution in [3.63, 3.8) is 0 Å². The first kappa shape index (κ1) is 20.5. The van der Waals surface area contributed by atoms with Crippen LogP contribution in [0.15, 0.2) is 0 Å². The number of hydrogen-bond donors (Lipinski definition) is 3. The molecule has 0 radical (unpaired) electrons. The van der Waals surface area contributed by atoms with Gasteiger partial charge >= 0.3 is 5.97 Å². The maximum absolute atomic E-state index is 10.9. The fourth-order valence-electron chi connectivity index (χ4n) is 1.87. The van der Waals surface area contributed by atoms with Crippen molar-refractivity contribution in [1.82, 2.24) is 0 Å². The maximum Gasteiger partial charge on any atom is 0.342 e. The molecule has 126 valence electrons. The van der Waals surface area contributed by atoms with Gasteiger partial charge in [0, 0.05) is 6.42 Å². The highest BCUT2D eigenvalue weighted by Crippen LogP contribution is 2.13. The second-order valence-electron chi connectivity index (χ2n) is 4.77. The van der Waals surface area contributed by atoms with Gasteiger partial charge in [0.1, 0.15) is 0 Å². The molecule has 8 nitrogen and oxygen atoms in total. The Morgan fingerprint density at radius 3 is 2.10 bits per heavy atom. The number of rotatable bonds is 12. The quantitative estimate of drug-likeness (QED) is 0.159. The number of unbranched alkanes of at least 4 members (excludes halogenated alkanes) is 5. The van der Waals surface area contributed by atoms with Crippen LogP contribution in [0.1, 0.15) is 51.4 Å². The summed E-state index contributed by atoms with van der Waals surface area (Å²) < 4.78 is 49.9. The summed E-state index contributed by atoms with van der Waals surface area (Å²) in [6.07, 6.45) is 4.90. The molecule has 0 saturated heterocycles. The number of carbonyl (C=O) groups is 1. The van der Waals surface area contributed by atoms with E-state index in [-0.39, 0.29) is 12.8 Å². The average Bonchev–Trinajstić information content (AvgIpc) is 2.38. The Balaban J connectivity index is 3.68. The van der Waals surface area contributed by atoms with Crippen molar-refractivity contribution in [2.24, 2.45) is 0 Å².